The van der Waals surface area contributed by atoms with E-state index in [0.29, 0.717) is 0 Å². The first-order valence-electron chi connectivity index (χ1n) is 7.40. The molecule has 0 aliphatic heterocycles. The third-order valence-electron chi connectivity index (χ3n) is 3.85. The minimum Gasteiger partial charge on any atom is -0.212 e. The van der Waals surface area contributed by atoms with E-state index >= 15 is 0 Å². The lowest BCUT2D eigenvalue weighted by atomic mass is 10.0. The van der Waals surface area contributed by atoms with Gasteiger partial charge in [-0.05, 0) is 49.9 Å². The molecule has 2 aromatic rings. The van der Waals surface area contributed by atoms with Crippen LogP contribution in [0.15, 0.2) is 42.5 Å². The Morgan fingerprint density at radius 2 is 1.68 bits per heavy atom. The highest BCUT2D eigenvalue weighted by molar-refractivity contribution is 7.88. The third kappa shape index (κ3) is 4.18. The fourth-order valence-corrected chi connectivity index (χ4v) is 4.15. The van der Waals surface area contributed by atoms with Crippen LogP contribution in [0.3, 0.4) is 0 Å². The molecule has 118 valence electrons. The highest BCUT2D eigenvalue weighted by Gasteiger charge is 2.18. The monoisotopic (exact) mass is 317 g/mol. The fraction of sp³-hybridized carbons (Fsp3) is 0.333. The Morgan fingerprint density at radius 3 is 2.32 bits per heavy atom. The summed E-state index contributed by atoms with van der Waals surface area (Å²) in [5.74, 6) is 0.00885. The zero-order valence-electron chi connectivity index (χ0n) is 13.6. The normalized spacial score (nSPS) is 13.1. The van der Waals surface area contributed by atoms with Crippen molar-refractivity contribution in [2.75, 3.05) is 0 Å². The molecule has 22 heavy (non-hydrogen) atoms. The summed E-state index contributed by atoms with van der Waals surface area (Å²) >= 11 is 0. The van der Waals surface area contributed by atoms with Gasteiger partial charge in [0.25, 0.3) is 0 Å². The van der Waals surface area contributed by atoms with Gasteiger partial charge < -0.3 is 0 Å². The molecule has 0 fully saturated rings. The number of benzene rings is 2. The van der Waals surface area contributed by atoms with Crippen molar-refractivity contribution < 1.29 is 8.42 Å². The van der Waals surface area contributed by atoms with Gasteiger partial charge in [-0.1, -0.05) is 48.0 Å². The minimum atomic E-state index is -3.38. The molecule has 0 saturated carbocycles. The molecule has 1 atom stereocenters. The number of rotatable bonds is 5. The van der Waals surface area contributed by atoms with Gasteiger partial charge >= 0.3 is 0 Å². The molecule has 0 saturated heterocycles. The van der Waals surface area contributed by atoms with Crippen LogP contribution in [0.5, 0.6) is 0 Å². The predicted octanol–water partition coefficient (Wildman–Crippen LogP) is 3.79. The van der Waals surface area contributed by atoms with Gasteiger partial charge in [-0.25, -0.2) is 13.1 Å². The summed E-state index contributed by atoms with van der Waals surface area (Å²) in [5, 5.41) is 0. The molecule has 3 nitrogen and oxygen atoms in total. The van der Waals surface area contributed by atoms with Crippen LogP contribution in [0.4, 0.5) is 0 Å². The van der Waals surface area contributed by atoms with E-state index in [4.69, 9.17) is 0 Å². The molecular formula is C18H23NO2S. The van der Waals surface area contributed by atoms with Gasteiger partial charge in [0.05, 0.1) is 5.75 Å². The lowest BCUT2D eigenvalue weighted by Crippen LogP contribution is -2.28. The largest absolute Gasteiger partial charge is 0.216 e. The van der Waals surface area contributed by atoms with E-state index < -0.39 is 10.0 Å². The first-order valence-corrected chi connectivity index (χ1v) is 9.05. The Kier molecular flexibility index (Phi) is 5.04. The first-order chi connectivity index (χ1) is 10.3. The highest BCUT2D eigenvalue weighted by Crippen LogP contribution is 2.20. The molecule has 2 aromatic carbocycles. The number of sulfonamides is 1. The Labute approximate surface area is 133 Å². The van der Waals surface area contributed by atoms with Crippen molar-refractivity contribution in [2.24, 2.45) is 0 Å². The van der Waals surface area contributed by atoms with E-state index in [2.05, 4.69) is 10.8 Å². The van der Waals surface area contributed by atoms with Gasteiger partial charge in [-0.15, -0.1) is 0 Å². The van der Waals surface area contributed by atoms with Crippen molar-refractivity contribution in [3.05, 3.63) is 70.3 Å². The molecule has 1 N–H and O–H groups in total. The van der Waals surface area contributed by atoms with Crippen molar-refractivity contribution in [3.8, 4) is 0 Å². The molecule has 0 spiro atoms. The molecule has 4 heteroatoms. The maximum Gasteiger partial charge on any atom is 0.216 e. The van der Waals surface area contributed by atoms with Crippen LogP contribution >= 0.6 is 0 Å². The summed E-state index contributed by atoms with van der Waals surface area (Å²) in [5.41, 5.74) is 5.12. The van der Waals surface area contributed by atoms with E-state index in [1.54, 1.807) is 0 Å². The Bertz CT molecular complexity index is 766. The highest BCUT2D eigenvalue weighted by atomic mass is 32.2. The van der Waals surface area contributed by atoms with Crippen LogP contribution < -0.4 is 4.72 Å². The van der Waals surface area contributed by atoms with Crippen LogP contribution in [0, 0.1) is 20.8 Å². The quantitative estimate of drug-likeness (QED) is 0.912. The summed E-state index contributed by atoms with van der Waals surface area (Å²) in [6, 6.07) is 13.4. The van der Waals surface area contributed by atoms with Gasteiger partial charge in [0.2, 0.25) is 10.0 Å². The van der Waals surface area contributed by atoms with E-state index in [1.165, 1.54) is 5.56 Å². The standard InChI is InChI=1S/C18H23NO2S/c1-13-9-10-18(15(3)11-13)16(4)19-22(20,21)12-17-8-6-5-7-14(17)2/h5-11,16,19H,12H2,1-4H3/t16-/m1/s1. The Hall–Kier alpha value is -1.65. The van der Waals surface area contributed by atoms with Crippen molar-refractivity contribution >= 4 is 10.0 Å². The lowest BCUT2D eigenvalue weighted by Gasteiger charge is -2.17. The van der Waals surface area contributed by atoms with E-state index in [0.717, 1.165) is 22.3 Å². The molecule has 0 aliphatic carbocycles. The Balaban J connectivity index is 2.16. The first kappa shape index (κ1) is 16.7. The summed E-state index contributed by atoms with van der Waals surface area (Å²) < 4.78 is 27.6. The maximum absolute atomic E-state index is 12.4. The molecule has 0 amide bonds. The lowest BCUT2D eigenvalue weighted by molar-refractivity contribution is 0.565. The smallest absolute Gasteiger partial charge is 0.212 e. The number of nitrogens with one attached hydrogen (secondary N) is 1. The zero-order chi connectivity index (χ0) is 16.3. The minimum absolute atomic E-state index is 0.00885. The molecule has 0 radical (unpaired) electrons. The molecule has 0 heterocycles. The maximum atomic E-state index is 12.4. The molecule has 0 aliphatic rings. The van der Waals surface area contributed by atoms with Crippen molar-refractivity contribution in [1.29, 1.82) is 0 Å². The van der Waals surface area contributed by atoms with Crippen LogP contribution in [-0.4, -0.2) is 8.42 Å². The number of hydrogen-bond acceptors (Lipinski definition) is 2. The van der Waals surface area contributed by atoms with Crippen LogP contribution in [-0.2, 0) is 15.8 Å². The van der Waals surface area contributed by atoms with Gasteiger partial charge in [0, 0.05) is 6.04 Å². The van der Waals surface area contributed by atoms with Crippen molar-refractivity contribution in [3.63, 3.8) is 0 Å². The van der Waals surface area contributed by atoms with Gasteiger partial charge in [0.15, 0.2) is 0 Å². The SMILES string of the molecule is Cc1ccc([C@@H](C)NS(=O)(=O)Cc2ccccc2C)c(C)c1. The fourth-order valence-electron chi connectivity index (χ4n) is 2.66. The van der Waals surface area contributed by atoms with Crippen LogP contribution in [0.2, 0.25) is 0 Å². The van der Waals surface area contributed by atoms with E-state index in [-0.39, 0.29) is 11.8 Å². The van der Waals surface area contributed by atoms with Crippen LogP contribution in [0.1, 0.15) is 40.8 Å². The molecule has 0 bridgehead atoms. The summed E-state index contributed by atoms with van der Waals surface area (Å²) in [7, 11) is -3.38. The second-order valence-corrected chi connectivity index (χ2v) is 7.64. The van der Waals surface area contributed by atoms with Crippen LogP contribution in [0.25, 0.3) is 0 Å². The van der Waals surface area contributed by atoms with E-state index in [1.807, 2.05) is 64.1 Å². The molecular weight excluding hydrogens is 294 g/mol. The van der Waals surface area contributed by atoms with Gasteiger partial charge in [0.1, 0.15) is 0 Å². The number of aryl methyl sites for hydroxylation is 3. The average Bonchev–Trinajstić information content (AvgIpc) is 2.40. The number of hydrogen-bond donors (Lipinski definition) is 1. The molecule has 0 unspecified atom stereocenters. The molecule has 2 rings (SSSR count). The Morgan fingerprint density at radius 1 is 1.00 bits per heavy atom. The summed E-state index contributed by atoms with van der Waals surface area (Å²) in [6.07, 6.45) is 0. The van der Waals surface area contributed by atoms with Gasteiger partial charge in [-0.2, -0.15) is 0 Å². The molecule has 0 aromatic heterocycles. The topological polar surface area (TPSA) is 46.2 Å². The predicted molar refractivity (Wildman–Crippen MR) is 91.3 cm³/mol. The van der Waals surface area contributed by atoms with Gasteiger partial charge in [-0.3, -0.25) is 0 Å². The average molecular weight is 317 g/mol. The second kappa shape index (κ2) is 6.63. The zero-order valence-corrected chi connectivity index (χ0v) is 14.4. The second-order valence-electron chi connectivity index (χ2n) is 5.89. The summed E-state index contributed by atoms with van der Waals surface area (Å²) in [4.78, 5) is 0. The van der Waals surface area contributed by atoms with Crippen molar-refractivity contribution in [1.82, 2.24) is 4.72 Å². The third-order valence-corrected chi connectivity index (χ3v) is 5.26. The van der Waals surface area contributed by atoms with E-state index in [9.17, 15) is 8.42 Å². The van der Waals surface area contributed by atoms with Crippen molar-refractivity contribution in [2.45, 2.75) is 39.5 Å². The summed E-state index contributed by atoms with van der Waals surface area (Å²) in [6.45, 7) is 7.85.